The van der Waals surface area contributed by atoms with E-state index in [-0.39, 0.29) is 5.91 Å². The van der Waals surface area contributed by atoms with E-state index in [0.717, 1.165) is 5.39 Å². The molecule has 6 heteroatoms. The van der Waals surface area contributed by atoms with Crippen LogP contribution < -0.4 is 4.74 Å². The van der Waals surface area contributed by atoms with Crippen molar-refractivity contribution in [3.05, 3.63) is 35.9 Å². The van der Waals surface area contributed by atoms with Crippen molar-refractivity contribution in [2.45, 2.75) is 19.3 Å². The summed E-state index contributed by atoms with van der Waals surface area (Å²) in [4.78, 5) is 18.8. The van der Waals surface area contributed by atoms with Crippen LogP contribution in [0.3, 0.4) is 0 Å². The third-order valence-electron chi connectivity index (χ3n) is 4.32. The normalized spacial score (nSPS) is 16.1. The highest BCUT2D eigenvalue weighted by Crippen LogP contribution is 2.27. The van der Waals surface area contributed by atoms with Gasteiger partial charge >= 0.3 is 0 Å². The Morgan fingerprint density at radius 1 is 1.30 bits per heavy atom. The third-order valence-corrected chi connectivity index (χ3v) is 4.32. The average Bonchev–Trinajstić information content (AvgIpc) is 2.60. The molecule has 1 aliphatic heterocycles. The van der Waals surface area contributed by atoms with Gasteiger partial charge in [0.1, 0.15) is 0 Å². The van der Waals surface area contributed by atoms with Crippen LogP contribution in [0.25, 0.3) is 10.9 Å². The molecule has 1 saturated heterocycles. The van der Waals surface area contributed by atoms with Gasteiger partial charge in [-0.2, -0.15) is 0 Å². The zero-order chi connectivity index (χ0) is 16.4. The second-order valence-corrected chi connectivity index (χ2v) is 5.69. The van der Waals surface area contributed by atoms with E-state index in [1.165, 1.54) is 7.11 Å². The summed E-state index contributed by atoms with van der Waals surface area (Å²) in [6.45, 7) is 0.708. The molecule has 0 spiro atoms. The third kappa shape index (κ3) is 3.11. The first-order valence-corrected chi connectivity index (χ1v) is 7.61. The Bertz CT molecular complexity index is 713. The first-order chi connectivity index (χ1) is 11.1. The van der Waals surface area contributed by atoms with Crippen molar-refractivity contribution in [1.82, 2.24) is 9.88 Å². The summed E-state index contributed by atoms with van der Waals surface area (Å²) in [7, 11) is 1.50. The number of ether oxygens (including phenoxy) is 1. The fraction of sp³-hybridized carbons (Fsp3) is 0.412. The van der Waals surface area contributed by atoms with E-state index < -0.39 is 12.3 Å². The van der Waals surface area contributed by atoms with Crippen LogP contribution in [0, 0.1) is 5.92 Å². The lowest BCUT2D eigenvalue weighted by atomic mass is 9.96. The molecule has 0 unspecified atom stereocenters. The predicted molar refractivity (Wildman–Crippen MR) is 82.9 cm³/mol. The lowest BCUT2D eigenvalue weighted by Crippen LogP contribution is -2.40. The molecule has 4 nitrogen and oxygen atoms in total. The Morgan fingerprint density at radius 2 is 2.00 bits per heavy atom. The lowest BCUT2D eigenvalue weighted by Gasteiger charge is -2.31. The maximum atomic E-state index is 12.8. The van der Waals surface area contributed by atoms with E-state index in [4.69, 9.17) is 4.74 Å². The lowest BCUT2D eigenvalue weighted by molar-refractivity contribution is 0.0312. The number of amides is 1. The molecule has 23 heavy (non-hydrogen) atoms. The van der Waals surface area contributed by atoms with Gasteiger partial charge in [0.2, 0.25) is 12.3 Å². The van der Waals surface area contributed by atoms with Crippen LogP contribution >= 0.6 is 0 Å². The van der Waals surface area contributed by atoms with E-state index in [9.17, 15) is 13.6 Å². The highest BCUT2D eigenvalue weighted by Gasteiger charge is 2.29. The highest BCUT2D eigenvalue weighted by atomic mass is 19.3. The van der Waals surface area contributed by atoms with Crippen LogP contribution in [0.2, 0.25) is 0 Å². The number of carbonyl (C=O) groups excluding carboxylic acids is 1. The number of carbonyl (C=O) groups is 1. The molecule has 0 bridgehead atoms. The first kappa shape index (κ1) is 15.6. The maximum Gasteiger partial charge on any atom is 0.254 e. The molecular weight excluding hydrogens is 302 g/mol. The Morgan fingerprint density at radius 3 is 2.65 bits per heavy atom. The molecule has 1 amide bonds. The topological polar surface area (TPSA) is 42.4 Å². The standard InChI is InChI=1S/C17H18F2N2O2/c1-23-15-10-13(12-4-2-3-5-14(12)20-15)17(22)21-8-6-11(7-9-21)16(18)19/h2-5,10-11,16H,6-9H2,1H3. The number of alkyl halides is 2. The van der Waals surface area contributed by atoms with Crippen LogP contribution in [0.15, 0.2) is 30.3 Å². The van der Waals surface area contributed by atoms with Crippen molar-refractivity contribution in [2.75, 3.05) is 20.2 Å². The maximum absolute atomic E-state index is 12.8. The van der Waals surface area contributed by atoms with Crippen LogP contribution in [0.4, 0.5) is 8.78 Å². The van der Waals surface area contributed by atoms with Crippen LogP contribution in [-0.4, -0.2) is 42.4 Å². The first-order valence-electron chi connectivity index (χ1n) is 7.61. The van der Waals surface area contributed by atoms with Gasteiger partial charge in [-0.1, -0.05) is 18.2 Å². The van der Waals surface area contributed by atoms with Gasteiger partial charge in [-0.15, -0.1) is 0 Å². The summed E-state index contributed by atoms with van der Waals surface area (Å²) in [6.07, 6.45) is -1.64. The molecule has 0 atom stereocenters. The second-order valence-electron chi connectivity index (χ2n) is 5.69. The number of aromatic nitrogens is 1. The monoisotopic (exact) mass is 320 g/mol. The minimum absolute atomic E-state index is 0.158. The number of benzene rings is 1. The van der Waals surface area contributed by atoms with Gasteiger partial charge < -0.3 is 9.64 Å². The molecule has 0 radical (unpaired) electrons. The molecular formula is C17H18F2N2O2. The van der Waals surface area contributed by atoms with Gasteiger partial charge in [-0.25, -0.2) is 13.8 Å². The SMILES string of the molecule is COc1cc(C(=O)N2CCC(C(F)F)CC2)c2ccccc2n1. The summed E-state index contributed by atoms with van der Waals surface area (Å²) >= 11 is 0. The Labute approximate surface area is 133 Å². The van der Waals surface area contributed by atoms with E-state index in [0.29, 0.717) is 42.9 Å². The van der Waals surface area contributed by atoms with E-state index >= 15 is 0 Å². The summed E-state index contributed by atoms with van der Waals surface area (Å²) < 4.78 is 30.7. The van der Waals surface area contributed by atoms with Crippen molar-refractivity contribution < 1.29 is 18.3 Å². The average molecular weight is 320 g/mol. The molecule has 0 N–H and O–H groups in total. The number of rotatable bonds is 3. The minimum Gasteiger partial charge on any atom is -0.481 e. The molecule has 1 aliphatic rings. The Balaban J connectivity index is 1.89. The number of likely N-dealkylation sites (tertiary alicyclic amines) is 1. The molecule has 2 heterocycles. The number of pyridine rings is 1. The number of fused-ring (bicyclic) bond motifs is 1. The van der Waals surface area contributed by atoms with Gasteiger partial charge in [-0.05, 0) is 18.9 Å². The molecule has 1 aromatic heterocycles. The second kappa shape index (κ2) is 6.48. The number of halogens is 2. The molecule has 122 valence electrons. The quantitative estimate of drug-likeness (QED) is 0.871. The van der Waals surface area contributed by atoms with Gasteiger partial charge in [-0.3, -0.25) is 4.79 Å². The number of hydrogen-bond donors (Lipinski definition) is 0. The Kier molecular flexibility index (Phi) is 4.41. The number of nitrogens with zero attached hydrogens (tertiary/aromatic N) is 2. The zero-order valence-corrected chi connectivity index (χ0v) is 12.8. The largest absolute Gasteiger partial charge is 0.481 e. The summed E-state index contributed by atoms with van der Waals surface area (Å²) in [5.41, 5.74) is 1.18. The van der Waals surface area contributed by atoms with Gasteiger partial charge in [0.05, 0.1) is 18.2 Å². The zero-order valence-electron chi connectivity index (χ0n) is 12.8. The van der Waals surface area contributed by atoms with Gasteiger partial charge in [0, 0.05) is 30.5 Å². The van der Waals surface area contributed by atoms with Crippen LogP contribution in [0.5, 0.6) is 5.88 Å². The number of para-hydroxylation sites is 1. The van der Waals surface area contributed by atoms with Crippen molar-refractivity contribution in [1.29, 1.82) is 0 Å². The predicted octanol–water partition coefficient (Wildman–Crippen LogP) is 3.36. The molecule has 1 fully saturated rings. The molecule has 3 rings (SSSR count). The summed E-state index contributed by atoms with van der Waals surface area (Å²) in [5, 5.41) is 0.745. The summed E-state index contributed by atoms with van der Waals surface area (Å²) in [5.74, 6) is -0.396. The van der Waals surface area contributed by atoms with Crippen molar-refractivity contribution >= 4 is 16.8 Å². The summed E-state index contributed by atoms with van der Waals surface area (Å²) in [6, 6.07) is 8.95. The van der Waals surface area contributed by atoms with Gasteiger partial charge in [0.25, 0.3) is 5.91 Å². The van der Waals surface area contributed by atoms with Gasteiger partial charge in [0.15, 0.2) is 0 Å². The molecule has 0 saturated carbocycles. The highest BCUT2D eigenvalue weighted by molar-refractivity contribution is 6.06. The fourth-order valence-corrected chi connectivity index (χ4v) is 2.96. The number of hydrogen-bond acceptors (Lipinski definition) is 3. The van der Waals surface area contributed by atoms with E-state index in [2.05, 4.69) is 4.98 Å². The van der Waals surface area contributed by atoms with Crippen molar-refractivity contribution in [3.63, 3.8) is 0 Å². The van der Waals surface area contributed by atoms with Crippen molar-refractivity contribution in [3.8, 4) is 5.88 Å². The molecule has 0 aliphatic carbocycles. The Hall–Kier alpha value is -2.24. The van der Waals surface area contributed by atoms with E-state index in [1.807, 2.05) is 24.3 Å². The van der Waals surface area contributed by atoms with E-state index in [1.54, 1.807) is 11.0 Å². The van der Waals surface area contributed by atoms with Crippen LogP contribution in [0.1, 0.15) is 23.2 Å². The fourth-order valence-electron chi connectivity index (χ4n) is 2.96. The smallest absolute Gasteiger partial charge is 0.254 e. The molecule has 2 aromatic rings. The van der Waals surface area contributed by atoms with Crippen LogP contribution in [-0.2, 0) is 0 Å². The number of methoxy groups -OCH3 is 1. The molecule has 1 aromatic carbocycles. The van der Waals surface area contributed by atoms with Crippen molar-refractivity contribution in [2.24, 2.45) is 5.92 Å². The number of piperidine rings is 1. The minimum atomic E-state index is -2.31.